The second kappa shape index (κ2) is 6.41. The first-order chi connectivity index (χ1) is 10.2. The number of hydrogen-bond donors (Lipinski definition) is 1. The van der Waals surface area contributed by atoms with Crippen LogP contribution < -0.4 is 10.1 Å². The maximum Gasteiger partial charge on any atom is 0.142 e. The molecule has 0 saturated heterocycles. The lowest BCUT2D eigenvalue weighted by Crippen LogP contribution is -2.34. The molecule has 110 valence electrons. The van der Waals surface area contributed by atoms with E-state index in [9.17, 15) is 0 Å². The first-order valence-electron chi connectivity index (χ1n) is 7.01. The summed E-state index contributed by atoms with van der Waals surface area (Å²) in [6, 6.07) is 15.2. The molecule has 1 fully saturated rings. The van der Waals surface area contributed by atoms with Crippen molar-refractivity contribution >= 4 is 37.5 Å². The van der Waals surface area contributed by atoms with Crippen molar-refractivity contribution < 1.29 is 4.74 Å². The Morgan fingerprint density at radius 2 is 1.67 bits per heavy atom. The highest BCUT2D eigenvalue weighted by molar-refractivity contribution is 9.10. The zero-order chi connectivity index (χ0) is 14.8. The van der Waals surface area contributed by atoms with Crippen molar-refractivity contribution in [1.82, 2.24) is 0 Å². The summed E-state index contributed by atoms with van der Waals surface area (Å²) in [7, 11) is 1.71. The van der Waals surface area contributed by atoms with Crippen LogP contribution in [0.3, 0.4) is 0 Å². The molecule has 1 aliphatic rings. The molecule has 0 unspecified atom stereocenters. The van der Waals surface area contributed by atoms with Gasteiger partial charge in [-0.1, -0.05) is 44.0 Å². The van der Waals surface area contributed by atoms with Gasteiger partial charge >= 0.3 is 0 Å². The van der Waals surface area contributed by atoms with E-state index in [4.69, 9.17) is 4.74 Å². The molecule has 2 aromatic carbocycles. The third-order valence-electron chi connectivity index (χ3n) is 4.00. The first-order valence-corrected chi connectivity index (χ1v) is 8.60. The summed E-state index contributed by atoms with van der Waals surface area (Å²) in [6.07, 6.45) is 2.33. The summed E-state index contributed by atoms with van der Waals surface area (Å²) in [6.45, 7) is 0. The molecular weight excluding hydrogens is 394 g/mol. The number of halogens is 2. The van der Waals surface area contributed by atoms with Crippen LogP contribution in [-0.4, -0.2) is 13.2 Å². The van der Waals surface area contributed by atoms with Crippen LogP contribution in [0.25, 0.3) is 0 Å². The molecule has 2 nitrogen and oxygen atoms in total. The van der Waals surface area contributed by atoms with Crippen molar-refractivity contribution in [3.05, 3.63) is 57.0 Å². The highest BCUT2D eigenvalue weighted by Gasteiger charge is 2.30. The third kappa shape index (κ3) is 3.43. The van der Waals surface area contributed by atoms with Crippen LogP contribution in [0.15, 0.2) is 51.4 Å². The summed E-state index contributed by atoms with van der Waals surface area (Å²) in [5.41, 5.74) is 2.49. The van der Waals surface area contributed by atoms with Gasteiger partial charge < -0.3 is 10.1 Å². The molecule has 1 N–H and O–H groups in total. The van der Waals surface area contributed by atoms with Gasteiger partial charge in [0.1, 0.15) is 5.75 Å². The number of anilines is 1. The van der Waals surface area contributed by atoms with E-state index in [2.05, 4.69) is 67.5 Å². The molecular formula is C17H17Br2NO. The molecule has 0 amide bonds. The average Bonchev–Trinajstić information content (AvgIpc) is 2.44. The fraction of sp³-hybridized carbons (Fsp3) is 0.294. The van der Waals surface area contributed by atoms with E-state index in [0.29, 0.717) is 12.0 Å². The van der Waals surface area contributed by atoms with Crippen LogP contribution in [0.2, 0.25) is 0 Å². The number of hydrogen-bond acceptors (Lipinski definition) is 2. The minimum Gasteiger partial charge on any atom is -0.495 e. The van der Waals surface area contributed by atoms with Gasteiger partial charge in [0.05, 0.1) is 12.8 Å². The van der Waals surface area contributed by atoms with Gasteiger partial charge in [0.15, 0.2) is 0 Å². The number of nitrogens with one attached hydrogen (secondary N) is 1. The molecule has 0 aromatic heterocycles. The normalized spacial score (nSPS) is 20.7. The molecule has 0 heterocycles. The monoisotopic (exact) mass is 409 g/mol. The third-order valence-corrected chi connectivity index (χ3v) is 5.02. The van der Waals surface area contributed by atoms with Crippen molar-refractivity contribution in [2.45, 2.75) is 24.8 Å². The predicted molar refractivity (Wildman–Crippen MR) is 94.2 cm³/mol. The van der Waals surface area contributed by atoms with Crippen molar-refractivity contribution in [2.24, 2.45) is 0 Å². The second-order valence-electron chi connectivity index (χ2n) is 5.41. The van der Waals surface area contributed by atoms with E-state index in [-0.39, 0.29) is 0 Å². The Morgan fingerprint density at radius 3 is 2.33 bits per heavy atom. The van der Waals surface area contributed by atoms with Gasteiger partial charge in [-0.15, -0.1) is 0 Å². The fourth-order valence-electron chi connectivity index (χ4n) is 2.76. The van der Waals surface area contributed by atoms with Crippen molar-refractivity contribution in [2.75, 3.05) is 12.4 Å². The Kier molecular flexibility index (Phi) is 4.55. The van der Waals surface area contributed by atoms with Crippen LogP contribution in [0, 0.1) is 0 Å². The smallest absolute Gasteiger partial charge is 0.142 e. The van der Waals surface area contributed by atoms with E-state index in [1.807, 2.05) is 12.1 Å². The summed E-state index contributed by atoms with van der Waals surface area (Å²) in [4.78, 5) is 0. The van der Waals surface area contributed by atoms with Crippen LogP contribution in [0.1, 0.15) is 24.3 Å². The lowest BCUT2D eigenvalue weighted by atomic mass is 9.76. The van der Waals surface area contributed by atoms with E-state index < -0.39 is 0 Å². The zero-order valence-electron chi connectivity index (χ0n) is 11.8. The molecule has 1 aliphatic carbocycles. The molecule has 0 bridgehead atoms. The van der Waals surface area contributed by atoms with E-state index in [0.717, 1.165) is 33.2 Å². The number of rotatable bonds is 4. The molecule has 3 rings (SSSR count). The average molecular weight is 411 g/mol. The Morgan fingerprint density at radius 1 is 1.00 bits per heavy atom. The molecule has 4 heteroatoms. The van der Waals surface area contributed by atoms with Gasteiger partial charge in [0.2, 0.25) is 0 Å². The molecule has 0 atom stereocenters. The lowest BCUT2D eigenvalue weighted by Gasteiger charge is -2.37. The van der Waals surface area contributed by atoms with Gasteiger partial charge in [-0.2, -0.15) is 0 Å². The summed E-state index contributed by atoms with van der Waals surface area (Å²) in [5, 5.41) is 3.59. The minimum absolute atomic E-state index is 0.516. The van der Waals surface area contributed by atoms with Gasteiger partial charge in [0, 0.05) is 15.0 Å². The molecule has 0 aliphatic heterocycles. The van der Waals surface area contributed by atoms with Crippen LogP contribution in [0.4, 0.5) is 5.69 Å². The molecule has 0 spiro atoms. The van der Waals surface area contributed by atoms with Gasteiger partial charge in [-0.05, 0) is 54.7 Å². The SMILES string of the molecule is COc1ccc(Br)cc1NC1CC(c2ccc(Br)cc2)C1. The Bertz CT molecular complexity index is 621. The largest absolute Gasteiger partial charge is 0.495 e. The van der Waals surface area contributed by atoms with Crippen molar-refractivity contribution in [3.63, 3.8) is 0 Å². The maximum atomic E-state index is 5.41. The zero-order valence-corrected chi connectivity index (χ0v) is 14.9. The minimum atomic E-state index is 0.516. The van der Waals surface area contributed by atoms with Crippen molar-refractivity contribution in [3.8, 4) is 5.75 Å². The van der Waals surface area contributed by atoms with Gasteiger partial charge in [-0.3, -0.25) is 0 Å². The summed E-state index contributed by atoms with van der Waals surface area (Å²) < 4.78 is 7.61. The highest BCUT2D eigenvalue weighted by atomic mass is 79.9. The molecule has 0 radical (unpaired) electrons. The standard InChI is InChI=1S/C17H17Br2NO/c1-21-17-7-6-14(19)10-16(17)20-15-8-12(9-15)11-2-4-13(18)5-3-11/h2-7,10,12,15,20H,8-9H2,1H3. The quantitative estimate of drug-likeness (QED) is 0.710. The summed E-state index contributed by atoms with van der Waals surface area (Å²) in [5.74, 6) is 1.55. The second-order valence-corrected chi connectivity index (χ2v) is 7.24. The van der Waals surface area contributed by atoms with Gasteiger partial charge in [-0.25, -0.2) is 0 Å². The molecule has 1 saturated carbocycles. The number of ether oxygens (including phenoxy) is 1. The van der Waals surface area contributed by atoms with E-state index in [1.165, 1.54) is 5.56 Å². The fourth-order valence-corrected chi connectivity index (χ4v) is 3.38. The van der Waals surface area contributed by atoms with Crippen LogP contribution >= 0.6 is 31.9 Å². The lowest BCUT2D eigenvalue weighted by molar-refractivity contribution is 0.370. The Labute approximate surface area is 142 Å². The molecule has 2 aromatic rings. The van der Waals surface area contributed by atoms with Crippen LogP contribution in [-0.2, 0) is 0 Å². The number of methoxy groups -OCH3 is 1. The van der Waals surface area contributed by atoms with Crippen molar-refractivity contribution in [1.29, 1.82) is 0 Å². The first kappa shape index (κ1) is 14.9. The van der Waals surface area contributed by atoms with Crippen LogP contribution in [0.5, 0.6) is 5.75 Å². The summed E-state index contributed by atoms with van der Waals surface area (Å²) >= 11 is 6.99. The predicted octanol–water partition coefficient (Wildman–Crippen LogP) is 5.58. The Hall–Kier alpha value is -1.00. The highest BCUT2D eigenvalue weighted by Crippen LogP contribution is 2.40. The topological polar surface area (TPSA) is 21.3 Å². The number of benzene rings is 2. The Balaban J connectivity index is 1.62. The van der Waals surface area contributed by atoms with E-state index in [1.54, 1.807) is 7.11 Å². The van der Waals surface area contributed by atoms with E-state index >= 15 is 0 Å². The maximum absolute atomic E-state index is 5.41. The molecule has 21 heavy (non-hydrogen) atoms. The van der Waals surface area contributed by atoms with Gasteiger partial charge in [0.25, 0.3) is 0 Å².